The maximum atomic E-state index is 2.46. The number of hydrogen-bond donors (Lipinski definition) is 0. The molecule has 0 N–H and O–H groups in total. The molecule has 0 amide bonds. The molecule has 0 rings (SSSR count). The maximum absolute atomic E-state index is 2.46. The summed E-state index contributed by atoms with van der Waals surface area (Å²) in [6, 6.07) is 1.50. The van der Waals surface area contributed by atoms with E-state index in [0.717, 1.165) is 0 Å². The Bertz CT molecular complexity index is 86.1. The lowest BCUT2D eigenvalue weighted by Gasteiger charge is -2.14. The summed E-state index contributed by atoms with van der Waals surface area (Å²) < 4.78 is 0. The third kappa shape index (κ3) is 10.6. The van der Waals surface area contributed by atoms with Gasteiger partial charge in [-0.05, 0) is 24.3 Å². The maximum Gasteiger partial charge on any atom is 0.0442 e. The number of rotatable bonds is 6. The average Bonchev–Trinajstić information content (AvgIpc) is 1.85. The first kappa shape index (κ1) is 11.6. The molecule has 68 valence electrons. The van der Waals surface area contributed by atoms with Gasteiger partial charge in [-0.3, -0.25) is 0 Å². The molecule has 0 nitrogen and oxygen atoms in total. The smallest absolute Gasteiger partial charge is 0.0442 e. The highest BCUT2D eigenvalue weighted by Crippen LogP contribution is 2.14. The van der Waals surface area contributed by atoms with Gasteiger partial charge in [0.2, 0.25) is 0 Å². The SMILES string of the molecule is CCCSCCC[Si](C)(C)C. The number of thioether (sulfide) groups is 1. The minimum Gasteiger partial charge on any atom is -0.162 e. The fraction of sp³-hybridized carbons (Fsp3) is 1.00. The van der Waals surface area contributed by atoms with E-state index in [1.165, 1.54) is 30.4 Å². The summed E-state index contributed by atoms with van der Waals surface area (Å²) in [5.74, 6) is 2.74. The zero-order valence-electron chi connectivity index (χ0n) is 8.44. The van der Waals surface area contributed by atoms with Crippen molar-refractivity contribution in [2.24, 2.45) is 0 Å². The van der Waals surface area contributed by atoms with Crippen molar-refractivity contribution in [2.45, 2.75) is 45.5 Å². The lowest BCUT2D eigenvalue weighted by Crippen LogP contribution is -2.18. The molecule has 0 saturated carbocycles. The van der Waals surface area contributed by atoms with Crippen LogP contribution in [0.2, 0.25) is 25.7 Å². The minimum absolute atomic E-state index is 0.731. The second kappa shape index (κ2) is 6.12. The van der Waals surface area contributed by atoms with Crippen LogP contribution in [0.5, 0.6) is 0 Å². The second-order valence-corrected chi connectivity index (χ2v) is 11.1. The van der Waals surface area contributed by atoms with E-state index in [1.54, 1.807) is 0 Å². The van der Waals surface area contributed by atoms with Crippen molar-refractivity contribution in [3.05, 3.63) is 0 Å². The van der Waals surface area contributed by atoms with E-state index in [9.17, 15) is 0 Å². The van der Waals surface area contributed by atoms with Crippen molar-refractivity contribution >= 4 is 19.8 Å². The van der Waals surface area contributed by atoms with Crippen LogP contribution in [0.3, 0.4) is 0 Å². The van der Waals surface area contributed by atoms with Gasteiger partial charge in [-0.1, -0.05) is 32.6 Å². The predicted molar refractivity (Wildman–Crippen MR) is 60.4 cm³/mol. The van der Waals surface area contributed by atoms with Gasteiger partial charge >= 0.3 is 0 Å². The Hall–Kier alpha value is 0.567. The van der Waals surface area contributed by atoms with Crippen molar-refractivity contribution in [1.29, 1.82) is 0 Å². The molecule has 0 saturated heterocycles. The topological polar surface area (TPSA) is 0 Å². The van der Waals surface area contributed by atoms with Gasteiger partial charge in [0.25, 0.3) is 0 Å². The van der Waals surface area contributed by atoms with Crippen LogP contribution in [0, 0.1) is 0 Å². The van der Waals surface area contributed by atoms with E-state index in [-0.39, 0.29) is 0 Å². The molecule has 0 aliphatic heterocycles. The Kier molecular flexibility index (Phi) is 6.44. The minimum atomic E-state index is -0.731. The van der Waals surface area contributed by atoms with Crippen molar-refractivity contribution in [3.8, 4) is 0 Å². The first-order valence-electron chi connectivity index (χ1n) is 4.64. The Morgan fingerprint density at radius 3 is 2.18 bits per heavy atom. The molecule has 11 heavy (non-hydrogen) atoms. The molecule has 0 heterocycles. The average molecular weight is 190 g/mol. The predicted octanol–water partition coefficient (Wildman–Crippen LogP) is 3.86. The van der Waals surface area contributed by atoms with Gasteiger partial charge in [-0.15, -0.1) is 0 Å². The van der Waals surface area contributed by atoms with Crippen molar-refractivity contribution in [2.75, 3.05) is 11.5 Å². The molecule has 0 unspecified atom stereocenters. The third-order valence-electron chi connectivity index (χ3n) is 1.56. The molecule has 0 aromatic rings. The van der Waals surface area contributed by atoms with E-state index in [1.807, 2.05) is 0 Å². The van der Waals surface area contributed by atoms with Crippen molar-refractivity contribution in [1.82, 2.24) is 0 Å². The molecule has 0 spiro atoms. The van der Waals surface area contributed by atoms with Crippen LogP contribution >= 0.6 is 11.8 Å². The van der Waals surface area contributed by atoms with E-state index in [0.29, 0.717) is 0 Å². The normalized spacial score (nSPS) is 12.0. The fourth-order valence-corrected chi connectivity index (χ4v) is 3.29. The van der Waals surface area contributed by atoms with E-state index >= 15 is 0 Å². The summed E-state index contributed by atoms with van der Waals surface area (Å²) in [7, 11) is -0.731. The van der Waals surface area contributed by atoms with Gasteiger partial charge in [0.1, 0.15) is 0 Å². The van der Waals surface area contributed by atoms with Crippen LogP contribution in [-0.2, 0) is 0 Å². The zero-order valence-corrected chi connectivity index (χ0v) is 10.3. The van der Waals surface area contributed by atoms with Crippen molar-refractivity contribution < 1.29 is 0 Å². The van der Waals surface area contributed by atoms with Gasteiger partial charge in [-0.25, -0.2) is 0 Å². The van der Waals surface area contributed by atoms with Crippen molar-refractivity contribution in [3.63, 3.8) is 0 Å². The molecule has 0 fully saturated rings. The molecule has 0 aromatic carbocycles. The summed E-state index contributed by atoms with van der Waals surface area (Å²) in [6.45, 7) is 9.62. The molecule has 0 bridgehead atoms. The standard InChI is InChI=1S/C9H22SSi/c1-5-7-10-8-6-9-11(2,3)4/h5-9H2,1-4H3. The molecule has 0 aliphatic carbocycles. The van der Waals surface area contributed by atoms with Crippen LogP contribution in [-0.4, -0.2) is 19.6 Å². The lowest BCUT2D eigenvalue weighted by molar-refractivity contribution is 1.05. The van der Waals surface area contributed by atoms with E-state index in [4.69, 9.17) is 0 Å². The van der Waals surface area contributed by atoms with Gasteiger partial charge < -0.3 is 0 Å². The Morgan fingerprint density at radius 2 is 1.73 bits per heavy atom. The second-order valence-electron chi connectivity index (χ2n) is 4.28. The van der Waals surface area contributed by atoms with Gasteiger partial charge in [0, 0.05) is 8.07 Å². The summed E-state index contributed by atoms with van der Waals surface area (Å²) in [5.41, 5.74) is 0. The van der Waals surface area contributed by atoms with E-state index in [2.05, 4.69) is 38.3 Å². The largest absolute Gasteiger partial charge is 0.162 e. The molecular weight excluding hydrogens is 168 g/mol. The first-order valence-corrected chi connectivity index (χ1v) is 9.50. The van der Waals surface area contributed by atoms with Gasteiger partial charge in [-0.2, -0.15) is 11.8 Å². The Labute approximate surface area is 77.2 Å². The summed E-state index contributed by atoms with van der Waals surface area (Å²) in [4.78, 5) is 0. The lowest BCUT2D eigenvalue weighted by atomic mass is 10.6. The summed E-state index contributed by atoms with van der Waals surface area (Å²) in [5, 5.41) is 0. The fourth-order valence-electron chi connectivity index (χ4n) is 0.951. The number of hydrogen-bond acceptors (Lipinski definition) is 1. The molecule has 0 aromatic heterocycles. The molecule has 0 radical (unpaired) electrons. The van der Waals surface area contributed by atoms with Crippen LogP contribution in [0.1, 0.15) is 19.8 Å². The van der Waals surface area contributed by atoms with Crippen LogP contribution in [0.15, 0.2) is 0 Å². The highest BCUT2D eigenvalue weighted by molar-refractivity contribution is 7.99. The molecule has 0 atom stereocenters. The molecule has 2 heteroatoms. The highest BCUT2D eigenvalue weighted by atomic mass is 32.2. The highest BCUT2D eigenvalue weighted by Gasteiger charge is 2.11. The van der Waals surface area contributed by atoms with E-state index < -0.39 is 8.07 Å². The quantitative estimate of drug-likeness (QED) is 0.453. The Morgan fingerprint density at radius 1 is 1.09 bits per heavy atom. The first-order chi connectivity index (χ1) is 5.06. The van der Waals surface area contributed by atoms with Gasteiger partial charge in [0.15, 0.2) is 0 Å². The zero-order chi connectivity index (χ0) is 8.74. The Balaban J connectivity index is 3.02. The van der Waals surface area contributed by atoms with Crippen LogP contribution < -0.4 is 0 Å². The summed E-state index contributed by atoms with van der Waals surface area (Å²) in [6.07, 6.45) is 2.78. The van der Waals surface area contributed by atoms with Crippen LogP contribution in [0.4, 0.5) is 0 Å². The molecule has 0 aliphatic rings. The monoisotopic (exact) mass is 190 g/mol. The summed E-state index contributed by atoms with van der Waals surface area (Å²) >= 11 is 2.12. The van der Waals surface area contributed by atoms with Crippen LogP contribution in [0.25, 0.3) is 0 Å². The van der Waals surface area contributed by atoms with Gasteiger partial charge in [0.05, 0.1) is 0 Å². The third-order valence-corrected chi connectivity index (χ3v) is 4.69. The molecular formula is C9H22SSi.